The van der Waals surface area contributed by atoms with Crippen LogP contribution in [0.5, 0.6) is 0 Å². The van der Waals surface area contributed by atoms with Gasteiger partial charge in [-0.3, -0.25) is 0 Å². The van der Waals surface area contributed by atoms with E-state index in [0.717, 1.165) is 55.3 Å². The van der Waals surface area contributed by atoms with Gasteiger partial charge in [-0.25, -0.2) is 15.0 Å². The quantitative estimate of drug-likeness (QED) is 0.202. The number of para-hydroxylation sites is 2. The Balaban J connectivity index is 1.29. The van der Waals surface area contributed by atoms with Gasteiger partial charge in [0.15, 0.2) is 5.82 Å². The van der Waals surface area contributed by atoms with Crippen LogP contribution in [0.4, 0.5) is 0 Å². The minimum absolute atomic E-state index is 0.698. The summed E-state index contributed by atoms with van der Waals surface area (Å²) in [4.78, 5) is 15.5. The second-order valence-corrected chi connectivity index (χ2v) is 11.2. The average molecular weight is 560 g/mol. The highest BCUT2D eigenvalue weighted by atomic mass is 14.9. The Morgan fingerprint density at radius 3 is 1.80 bits per heavy atom. The van der Waals surface area contributed by atoms with Gasteiger partial charge < -0.3 is 0 Å². The minimum Gasteiger partial charge on any atom is -0.247 e. The summed E-state index contributed by atoms with van der Waals surface area (Å²) in [7, 11) is 0. The molecule has 204 valence electrons. The number of fused-ring (bicyclic) bond motifs is 7. The summed E-state index contributed by atoms with van der Waals surface area (Å²) in [6.45, 7) is 0. The van der Waals surface area contributed by atoms with Gasteiger partial charge in [0.25, 0.3) is 0 Å². The molecule has 0 unspecified atom stereocenters. The van der Waals surface area contributed by atoms with Crippen molar-refractivity contribution in [1.29, 1.82) is 0 Å². The van der Waals surface area contributed by atoms with Gasteiger partial charge in [-0.2, -0.15) is 0 Å². The summed E-state index contributed by atoms with van der Waals surface area (Å²) in [5.74, 6) is 0.698. The van der Waals surface area contributed by atoms with E-state index >= 15 is 0 Å². The molecule has 0 bridgehead atoms. The van der Waals surface area contributed by atoms with Gasteiger partial charge in [-0.1, -0.05) is 133 Å². The van der Waals surface area contributed by atoms with Crippen LogP contribution in [0.25, 0.3) is 88.0 Å². The van der Waals surface area contributed by atoms with Crippen molar-refractivity contribution in [2.24, 2.45) is 0 Å². The molecule has 7 aromatic carbocycles. The molecule has 0 fully saturated rings. The van der Waals surface area contributed by atoms with Crippen molar-refractivity contribution in [3.05, 3.63) is 152 Å². The van der Waals surface area contributed by atoms with Crippen LogP contribution in [-0.2, 0) is 0 Å². The molecule has 0 aliphatic rings. The third-order valence-electron chi connectivity index (χ3n) is 8.63. The SMILES string of the molecule is c1cc(-c2nc(-c3cccc4ccccc34)c3ccccc3n2)cc(-c2nc3ccccc3c3c2ccc2ccccc23)c1. The molecule has 2 aromatic heterocycles. The highest BCUT2D eigenvalue weighted by molar-refractivity contribution is 6.22. The fourth-order valence-corrected chi connectivity index (χ4v) is 6.59. The molecule has 2 heterocycles. The zero-order chi connectivity index (χ0) is 29.0. The predicted octanol–water partition coefficient (Wildman–Crippen LogP) is 10.6. The third kappa shape index (κ3) is 3.87. The lowest BCUT2D eigenvalue weighted by molar-refractivity contribution is 1.23. The topological polar surface area (TPSA) is 38.7 Å². The van der Waals surface area contributed by atoms with Gasteiger partial charge in [-0.15, -0.1) is 0 Å². The highest BCUT2D eigenvalue weighted by Gasteiger charge is 2.16. The molecule has 0 N–H and O–H groups in total. The van der Waals surface area contributed by atoms with Crippen molar-refractivity contribution in [3.8, 4) is 33.9 Å². The van der Waals surface area contributed by atoms with Crippen LogP contribution in [0.15, 0.2) is 152 Å². The number of benzene rings is 7. The van der Waals surface area contributed by atoms with Crippen LogP contribution in [0.2, 0.25) is 0 Å². The normalized spacial score (nSPS) is 11.6. The number of aromatic nitrogens is 3. The molecule has 3 nitrogen and oxygen atoms in total. The first kappa shape index (κ1) is 24.6. The van der Waals surface area contributed by atoms with E-state index in [-0.39, 0.29) is 0 Å². The summed E-state index contributed by atoms with van der Waals surface area (Å²) < 4.78 is 0. The molecule has 9 aromatic rings. The molecule has 3 heteroatoms. The average Bonchev–Trinajstić information content (AvgIpc) is 3.10. The Morgan fingerprint density at radius 2 is 0.955 bits per heavy atom. The van der Waals surface area contributed by atoms with E-state index in [0.29, 0.717) is 5.82 Å². The van der Waals surface area contributed by atoms with Crippen molar-refractivity contribution < 1.29 is 0 Å². The number of hydrogen-bond donors (Lipinski definition) is 0. The fourth-order valence-electron chi connectivity index (χ4n) is 6.59. The number of rotatable bonds is 3. The first-order chi connectivity index (χ1) is 21.8. The maximum atomic E-state index is 5.25. The molecular formula is C41H25N3. The van der Waals surface area contributed by atoms with Gasteiger partial charge in [0.05, 0.1) is 22.4 Å². The van der Waals surface area contributed by atoms with Gasteiger partial charge >= 0.3 is 0 Å². The summed E-state index contributed by atoms with van der Waals surface area (Å²) in [5, 5.41) is 9.40. The van der Waals surface area contributed by atoms with E-state index in [2.05, 4.69) is 146 Å². The van der Waals surface area contributed by atoms with E-state index in [1.54, 1.807) is 0 Å². The van der Waals surface area contributed by atoms with E-state index in [4.69, 9.17) is 15.0 Å². The van der Waals surface area contributed by atoms with Crippen molar-refractivity contribution in [2.45, 2.75) is 0 Å². The minimum atomic E-state index is 0.698. The van der Waals surface area contributed by atoms with Crippen LogP contribution in [0.3, 0.4) is 0 Å². The number of hydrogen-bond acceptors (Lipinski definition) is 3. The fraction of sp³-hybridized carbons (Fsp3) is 0. The summed E-state index contributed by atoms with van der Waals surface area (Å²) in [6.07, 6.45) is 0. The van der Waals surface area contributed by atoms with Crippen LogP contribution >= 0.6 is 0 Å². The first-order valence-electron chi connectivity index (χ1n) is 14.9. The molecule has 9 rings (SSSR count). The monoisotopic (exact) mass is 559 g/mol. The lowest BCUT2D eigenvalue weighted by Gasteiger charge is -2.14. The maximum Gasteiger partial charge on any atom is 0.160 e. The van der Waals surface area contributed by atoms with Crippen LogP contribution in [0.1, 0.15) is 0 Å². The summed E-state index contributed by atoms with van der Waals surface area (Å²) in [6, 6.07) is 53.1. The van der Waals surface area contributed by atoms with Crippen molar-refractivity contribution in [3.63, 3.8) is 0 Å². The standard InChI is InChI=1S/C41H25N3/c1-3-16-30-26(11-1)13-10-20-32(30)40-34-19-6-8-22-37(34)43-41(44-40)29-15-9-14-28(25-29)39-35-24-23-27-12-2-4-17-31(27)38(35)33-18-5-7-21-36(33)42-39/h1-25H. The van der Waals surface area contributed by atoms with Gasteiger partial charge in [0, 0.05) is 38.2 Å². The highest BCUT2D eigenvalue weighted by Crippen LogP contribution is 2.38. The summed E-state index contributed by atoms with van der Waals surface area (Å²) >= 11 is 0. The van der Waals surface area contributed by atoms with Crippen LogP contribution in [0, 0.1) is 0 Å². The number of pyridine rings is 1. The molecular weight excluding hydrogens is 534 g/mol. The predicted molar refractivity (Wildman–Crippen MR) is 184 cm³/mol. The second kappa shape index (κ2) is 9.82. The Morgan fingerprint density at radius 1 is 0.341 bits per heavy atom. The van der Waals surface area contributed by atoms with E-state index in [1.807, 2.05) is 6.07 Å². The van der Waals surface area contributed by atoms with E-state index < -0.39 is 0 Å². The van der Waals surface area contributed by atoms with Crippen LogP contribution < -0.4 is 0 Å². The molecule has 0 spiro atoms. The summed E-state index contributed by atoms with van der Waals surface area (Å²) in [5.41, 5.74) is 6.90. The Bertz CT molecular complexity index is 2550. The van der Waals surface area contributed by atoms with E-state index in [9.17, 15) is 0 Å². The number of nitrogens with zero attached hydrogens (tertiary/aromatic N) is 3. The molecule has 0 saturated carbocycles. The van der Waals surface area contributed by atoms with Crippen molar-refractivity contribution >= 4 is 54.1 Å². The zero-order valence-electron chi connectivity index (χ0n) is 23.8. The van der Waals surface area contributed by atoms with Crippen molar-refractivity contribution in [2.75, 3.05) is 0 Å². The van der Waals surface area contributed by atoms with Gasteiger partial charge in [0.2, 0.25) is 0 Å². The molecule has 0 saturated heterocycles. The van der Waals surface area contributed by atoms with Crippen molar-refractivity contribution in [1.82, 2.24) is 15.0 Å². The molecule has 0 atom stereocenters. The van der Waals surface area contributed by atoms with Gasteiger partial charge in [-0.05, 0) is 39.7 Å². The first-order valence-corrected chi connectivity index (χ1v) is 14.9. The Labute approximate surface area is 254 Å². The largest absolute Gasteiger partial charge is 0.247 e. The smallest absolute Gasteiger partial charge is 0.160 e. The van der Waals surface area contributed by atoms with Gasteiger partial charge in [0.1, 0.15) is 0 Å². The molecule has 44 heavy (non-hydrogen) atoms. The Kier molecular flexibility index (Phi) is 5.50. The molecule has 0 aliphatic carbocycles. The second-order valence-electron chi connectivity index (χ2n) is 11.2. The lowest BCUT2D eigenvalue weighted by atomic mass is 9.94. The third-order valence-corrected chi connectivity index (χ3v) is 8.63. The van der Waals surface area contributed by atoms with E-state index in [1.165, 1.54) is 26.9 Å². The molecule has 0 aliphatic heterocycles. The maximum absolute atomic E-state index is 5.25. The zero-order valence-corrected chi connectivity index (χ0v) is 23.8. The van der Waals surface area contributed by atoms with Crippen LogP contribution in [-0.4, -0.2) is 15.0 Å². The molecule has 0 radical (unpaired) electrons. The lowest BCUT2D eigenvalue weighted by Crippen LogP contribution is -1.96. The molecule has 0 amide bonds. The Hall–Kier alpha value is -5.93.